The Morgan fingerprint density at radius 2 is 1.78 bits per heavy atom. The molecule has 1 heterocycles. The topological polar surface area (TPSA) is 49.7 Å². The summed E-state index contributed by atoms with van der Waals surface area (Å²) in [6.07, 6.45) is 0. The number of halogens is 1. The van der Waals surface area contributed by atoms with Gasteiger partial charge in [-0.3, -0.25) is 4.99 Å². The van der Waals surface area contributed by atoms with Crippen LogP contribution in [0.1, 0.15) is 5.56 Å². The predicted molar refractivity (Wildman–Crippen MR) is 90.3 cm³/mol. The van der Waals surface area contributed by atoms with Gasteiger partial charge in [0.15, 0.2) is 5.17 Å². The highest BCUT2D eigenvalue weighted by molar-refractivity contribution is 8.14. The Hall–Kier alpha value is -1.86. The molecule has 0 amide bonds. The lowest BCUT2D eigenvalue weighted by Crippen LogP contribution is -2.32. The molecule has 0 bridgehead atoms. The van der Waals surface area contributed by atoms with Crippen molar-refractivity contribution >= 4 is 27.0 Å². The highest BCUT2D eigenvalue weighted by atomic mass is 32.2. The van der Waals surface area contributed by atoms with Crippen LogP contribution in [-0.4, -0.2) is 31.0 Å². The summed E-state index contributed by atoms with van der Waals surface area (Å²) < 4.78 is 39.7. The third-order valence-corrected chi connectivity index (χ3v) is 6.38. The molecule has 0 unspecified atom stereocenters. The van der Waals surface area contributed by atoms with Crippen LogP contribution in [0.15, 0.2) is 64.5 Å². The highest BCUT2D eigenvalue weighted by Gasteiger charge is 2.30. The normalized spacial score (nSPS) is 14.8. The zero-order valence-corrected chi connectivity index (χ0v) is 13.9. The van der Waals surface area contributed by atoms with Gasteiger partial charge in [-0.2, -0.15) is 0 Å². The van der Waals surface area contributed by atoms with Crippen LogP contribution in [0.4, 0.5) is 4.39 Å². The van der Waals surface area contributed by atoms with E-state index in [0.717, 1.165) is 17.7 Å². The molecule has 4 nitrogen and oxygen atoms in total. The average Bonchev–Trinajstić information content (AvgIpc) is 3.04. The number of sulfonamides is 1. The van der Waals surface area contributed by atoms with E-state index in [1.807, 2.05) is 30.3 Å². The highest BCUT2D eigenvalue weighted by Crippen LogP contribution is 2.25. The minimum absolute atomic E-state index is 0.0776. The molecule has 23 heavy (non-hydrogen) atoms. The number of hydrogen-bond donors (Lipinski definition) is 0. The van der Waals surface area contributed by atoms with Gasteiger partial charge in [-0.1, -0.05) is 42.1 Å². The molecule has 0 atom stereocenters. The van der Waals surface area contributed by atoms with E-state index in [2.05, 4.69) is 4.99 Å². The quantitative estimate of drug-likeness (QED) is 0.851. The van der Waals surface area contributed by atoms with Crippen LogP contribution < -0.4 is 0 Å². The van der Waals surface area contributed by atoms with Crippen LogP contribution in [0.3, 0.4) is 0 Å². The summed E-state index contributed by atoms with van der Waals surface area (Å²) >= 11 is 1.39. The zero-order valence-electron chi connectivity index (χ0n) is 12.2. The van der Waals surface area contributed by atoms with Crippen LogP contribution in [0.25, 0.3) is 0 Å². The van der Waals surface area contributed by atoms with Crippen molar-refractivity contribution in [1.82, 2.24) is 4.31 Å². The minimum atomic E-state index is -3.69. The Kier molecular flexibility index (Phi) is 4.68. The molecule has 2 aromatic carbocycles. The molecule has 0 fully saturated rings. The molecular formula is C16H15FN2O2S2. The molecule has 1 aliphatic heterocycles. The van der Waals surface area contributed by atoms with Crippen LogP contribution in [-0.2, 0) is 15.8 Å². The molecule has 0 aliphatic carbocycles. The summed E-state index contributed by atoms with van der Waals surface area (Å²) in [6, 6.07) is 14.7. The maximum Gasteiger partial charge on any atom is 0.265 e. The van der Waals surface area contributed by atoms with Gasteiger partial charge < -0.3 is 0 Å². The van der Waals surface area contributed by atoms with Gasteiger partial charge in [0.2, 0.25) is 0 Å². The van der Waals surface area contributed by atoms with Crippen molar-refractivity contribution in [3.8, 4) is 0 Å². The van der Waals surface area contributed by atoms with Gasteiger partial charge in [-0.15, -0.1) is 0 Å². The summed E-state index contributed by atoms with van der Waals surface area (Å²) in [5, 5.41) is 0.484. The molecule has 0 spiro atoms. The first-order valence-corrected chi connectivity index (χ1v) is 9.49. The van der Waals surface area contributed by atoms with Gasteiger partial charge in [0, 0.05) is 5.75 Å². The van der Waals surface area contributed by atoms with E-state index in [9.17, 15) is 12.8 Å². The third kappa shape index (κ3) is 3.56. The molecule has 3 rings (SSSR count). The lowest BCUT2D eigenvalue weighted by atomic mass is 10.2. The van der Waals surface area contributed by atoms with Crippen molar-refractivity contribution in [2.45, 2.75) is 10.6 Å². The SMILES string of the molecule is O=S(=O)(c1ccc(F)cc1)N1CCN=C1SCc1ccccc1. The van der Waals surface area contributed by atoms with E-state index in [-0.39, 0.29) is 4.90 Å². The maximum atomic E-state index is 13.0. The van der Waals surface area contributed by atoms with Gasteiger partial charge >= 0.3 is 0 Å². The monoisotopic (exact) mass is 350 g/mol. The van der Waals surface area contributed by atoms with E-state index in [1.165, 1.54) is 28.2 Å². The Balaban J connectivity index is 1.76. The number of thioether (sulfide) groups is 1. The molecule has 120 valence electrons. The number of benzene rings is 2. The summed E-state index contributed by atoms with van der Waals surface area (Å²) in [5.41, 5.74) is 1.10. The second-order valence-electron chi connectivity index (χ2n) is 4.97. The lowest BCUT2D eigenvalue weighted by Gasteiger charge is -2.19. The Bertz CT molecular complexity index is 806. The van der Waals surface area contributed by atoms with Gasteiger partial charge in [0.25, 0.3) is 10.0 Å². The fraction of sp³-hybridized carbons (Fsp3) is 0.188. The molecule has 1 aliphatic rings. The Labute approximate surface area is 139 Å². The lowest BCUT2D eigenvalue weighted by molar-refractivity contribution is 0.539. The molecule has 0 radical (unpaired) electrons. The van der Waals surface area contributed by atoms with E-state index in [4.69, 9.17) is 0 Å². The average molecular weight is 350 g/mol. The maximum absolute atomic E-state index is 13.0. The van der Waals surface area contributed by atoms with Crippen LogP contribution >= 0.6 is 11.8 Å². The third-order valence-electron chi connectivity index (χ3n) is 3.38. The summed E-state index contributed by atoms with van der Waals surface area (Å²) in [7, 11) is -3.69. The van der Waals surface area contributed by atoms with Crippen molar-refractivity contribution in [2.24, 2.45) is 4.99 Å². The van der Waals surface area contributed by atoms with E-state index < -0.39 is 15.8 Å². The van der Waals surface area contributed by atoms with Crippen molar-refractivity contribution < 1.29 is 12.8 Å². The van der Waals surface area contributed by atoms with Gasteiger partial charge in [-0.05, 0) is 29.8 Å². The summed E-state index contributed by atoms with van der Waals surface area (Å²) in [4.78, 5) is 4.37. The minimum Gasteiger partial charge on any atom is -0.260 e. The van der Waals surface area contributed by atoms with Crippen molar-refractivity contribution in [3.63, 3.8) is 0 Å². The number of hydrogen-bond acceptors (Lipinski definition) is 4. The molecule has 7 heteroatoms. The number of aliphatic imine (C=N–C) groups is 1. The van der Waals surface area contributed by atoms with Crippen molar-refractivity contribution in [3.05, 3.63) is 66.0 Å². The molecule has 0 saturated heterocycles. The number of rotatable bonds is 4. The fourth-order valence-electron chi connectivity index (χ4n) is 2.21. The summed E-state index contributed by atoms with van der Waals surface area (Å²) in [5.74, 6) is 0.187. The Morgan fingerprint density at radius 3 is 2.48 bits per heavy atom. The predicted octanol–water partition coefficient (Wildman–Crippen LogP) is 3.12. The molecule has 0 saturated carbocycles. The standard InChI is InChI=1S/C16H15FN2O2S2/c17-14-6-8-15(9-7-14)23(20,21)19-11-10-18-16(19)22-12-13-4-2-1-3-5-13/h1-9H,10-12H2. The van der Waals surface area contributed by atoms with Gasteiger partial charge in [0.1, 0.15) is 5.82 Å². The molecule has 0 N–H and O–H groups in total. The van der Waals surface area contributed by atoms with Gasteiger partial charge in [-0.25, -0.2) is 17.1 Å². The van der Waals surface area contributed by atoms with Crippen LogP contribution in [0, 0.1) is 5.82 Å². The van der Waals surface area contributed by atoms with E-state index in [0.29, 0.717) is 24.0 Å². The molecule has 0 aromatic heterocycles. The first-order chi connectivity index (χ1) is 11.1. The first-order valence-electron chi connectivity index (χ1n) is 7.07. The second kappa shape index (κ2) is 6.72. The Morgan fingerprint density at radius 1 is 1.09 bits per heavy atom. The number of nitrogens with zero attached hydrogens (tertiary/aromatic N) is 2. The largest absolute Gasteiger partial charge is 0.265 e. The molecular weight excluding hydrogens is 335 g/mol. The van der Waals surface area contributed by atoms with Crippen LogP contribution in [0.5, 0.6) is 0 Å². The van der Waals surface area contributed by atoms with Gasteiger partial charge in [0.05, 0.1) is 18.0 Å². The summed E-state index contributed by atoms with van der Waals surface area (Å²) in [6.45, 7) is 0.758. The number of amidine groups is 1. The fourth-order valence-corrected chi connectivity index (χ4v) is 4.89. The van der Waals surface area contributed by atoms with Crippen molar-refractivity contribution in [2.75, 3.05) is 13.1 Å². The first kappa shape index (κ1) is 16.0. The second-order valence-corrected chi connectivity index (χ2v) is 7.77. The molecule has 2 aromatic rings. The van der Waals surface area contributed by atoms with E-state index >= 15 is 0 Å². The smallest absolute Gasteiger partial charge is 0.260 e. The van der Waals surface area contributed by atoms with Crippen LogP contribution in [0.2, 0.25) is 0 Å². The zero-order chi connectivity index (χ0) is 16.3. The van der Waals surface area contributed by atoms with Crippen molar-refractivity contribution in [1.29, 1.82) is 0 Å². The van der Waals surface area contributed by atoms with E-state index in [1.54, 1.807) is 0 Å².